The van der Waals surface area contributed by atoms with Gasteiger partial charge in [-0.15, -0.1) is 11.3 Å². The van der Waals surface area contributed by atoms with Crippen LogP contribution in [0.25, 0.3) is 27.6 Å². The van der Waals surface area contributed by atoms with Gasteiger partial charge in [0.1, 0.15) is 11.6 Å². The molecule has 0 saturated carbocycles. The van der Waals surface area contributed by atoms with E-state index < -0.39 is 5.91 Å². The molecule has 0 unspecified atom stereocenters. The molecule has 2 amide bonds. The molecule has 0 saturated heterocycles. The van der Waals surface area contributed by atoms with Gasteiger partial charge in [-0.2, -0.15) is 5.26 Å². The first kappa shape index (κ1) is 20.1. The van der Waals surface area contributed by atoms with Crippen molar-refractivity contribution in [2.45, 2.75) is 13.8 Å². The molecule has 0 aliphatic carbocycles. The van der Waals surface area contributed by atoms with Crippen molar-refractivity contribution in [1.82, 2.24) is 9.47 Å². The molecule has 0 spiro atoms. The lowest BCUT2D eigenvalue weighted by Gasteiger charge is -2.26. The standard InChI is InChI=1S/C23H18ClN3O2S/c1-4-27-22(28)17(13(2)18(12-25)23(27)29)9-16-10-20-21(30-16)11-19(26(20)3)14-5-7-15(24)8-6-14/h5-11H,4H2,1-3H3/b17-9-. The Balaban J connectivity index is 1.79. The Morgan fingerprint density at radius 3 is 2.47 bits per heavy atom. The van der Waals surface area contributed by atoms with Gasteiger partial charge < -0.3 is 4.57 Å². The largest absolute Gasteiger partial charge is 0.343 e. The van der Waals surface area contributed by atoms with Gasteiger partial charge in [-0.1, -0.05) is 23.7 Å². The van der Waals surface area contributed by atoms with E-state index in [1.54, 1.807) is 31.3 Å². The molecule has 3 aromatic rings. The SMILES string of the molecule is CCN1C(=O)C(C#N)=C(C)/C(=C/c2cc3c(cc(-c4ccc(Cl)cc4)n3C)s2)C1=O. The molecule has 0 N–H and O–H groups in total. The van der Waals surface area contributed by atoms with Crippen LogP contribution in [0, 0.1) is 11.3 Å². The molecule has 7 heteroatoms. The number of hydrogen-bond acceptors (Lipinski definition) is 4. The first-order chi connectivity index (χ1) is 14.3. The normalized spacial score (nSPS) is 16.1. The third kappa shape index (κ3) is 3.17. The van der Waals surface area contributed by atoms with Crippen LogP contribution in [0.15, 0.2) is 53.1 Å². The van der Waals surface area contributed by atoms with E-state index in [9.17, 15) is 14.9 Å². The van der Waals surface area contributed by atoms with E-state index in [0.717, 1.165) is 31.3 Å². The van der Waals surface area contributed by atoms with Gasteiger partial charge >= 0.3 is 0 Å². The summed E-state index contributed by atoms with van der Waals surface area (Å²) in [5.41, 5.74) is 4.03. The molecule has 2 aromatic heterocycles. The lowest BCUT2D eigenvalue weighted by molar-refractivity contribution is -0.140. The molecule has 1 aliphatic heterocycles. The molecule has 150 valence electrons. The topological polar surface area (TPSA) is 66.1 Å². The van der Waals surface area contributed by atoms with Crippen molar-refractivity contribution in [3.63, 3.8) is 0 Å². The van der Waals surface area contributed by atoms with Crippen molar-refractivity contribution >= 4 is 51.0 Å². The van der Waals surface area contributed by atoms with Crippen molar-refractivity contribution in [3.05, 3.63) is 63.0 Å². The molecule has 0 fully saturated rings. The minimum absolute atomic E-state index is 0.0221. The number of nitriles is 1. The van der Waals surface area contributed by atoms with Crippen LogP contribution >= 0.6 is 22.9 Å². The van der Waals surface area contributed by atoms with Gasteiger partial charge in [0.2, 0.25) is 0 Å². The van der Waals surface area contributed by atoms with Crippen LogP contribution in [0.4, 0.5) is 0 Å². The van der Waals surface area contributed by atoms with Crippen LogP contribution in [0.3, 0.4) is 0 Å². The Morgan fingerprint density at radius 2 is 1.87 bits per heavy atom. The second-order valence-electron chi connectivity index (χ2n) is 7.02. The fourth-order valence-corrected chi connectivity index (χ4v) is 4.86. The quantitative estimate of drug-likeness (QED) is 0.421. The number of hydrogen-bond donors (Lipinski definition) is 0. The van der Waals surface area contributed by atoms with Gasteiger partial charge in [-0.05, 0) is 55.3 Å². The number of rotatable bonds is 3. The van der Waals surface area contributed by atoms with Crippen LogP contribution in [0.2, 0.25) is 5.02 Å². The average Bonchev–Trinajstić information content (AvgIpc) is 3.25. The Morgan fingerprint density at radius 1 is 1.17 bits per heavy atom. The number of fused-ring (bicyclic) bond motifs is 1. The van der Waals surface area contributed by atoms with Crippen LogP contribution in [-0.4, -0.2) is 27.8 Å². The van der Waals surface area contributed by atoms with E-state index in [1.807, 2.05) is 43.4 Å². The zero-order chi connectivity index (χ0) is 21.6. The van der Waals surface area contributed by atoms with Crippen LogP contribution in [0.1, 0.15) is 18.7 Å². The van der Waals surface area contributed by atoms with Crippen LogP contribution in [0.5, 0.6) is 0 Å². The highest BCUT2D eigenvalue weighted by Crippen LogP contribution is 2.35. The first-order valence-corrected chi connectivity index (χ1v) is 10.6. The zero-order valence-electron chi connectivity index (χ0n) is 16.7. The molecule has 5 nitrogen and oxygen atoms in total. The lowest BCUT2D eigenvalue weighted by Crippen LogP contribution is -2.42. The minimum Gasteiger partial charge on any atom is -0.343 e. The molecule has 0 atom stereocenters. The highest BCUT2D eigenvalue weighted by molar-refractivity contribution is 7.19. The number of carbonyl (C=O) groups is 2. The maximum atomic E-state index is 12.8. The fourth-order valence-electron chi connectivity index (χ4n) is 3.66. The number of amides is 2. The van der Waals surface area contributed by atoms with Crippen LogP contribution < -0.4 is 0 Å². The number of aromatic nitrogens is 1. The Hall–Kier alpha value is -3.14. The van der Waals surface area contributed by atoms with E-state index in [0.29, 0.717) is 16.2 Å². The fraction of sp³-hybridized carbons (Fsp3) is 0.174. The molecule has 3 heterocycles. The van der Waals surface area contributed by atoms with Gasteiger partial charge in [-0.25, -0.2) is 0 Å². The summed E-state index contributed by atoms with van der Waals surface area (Å²) in [5.74, 6) is -0.887. The van der Waals surface area contributed by atoms with Gasteiger partial charge in [0.15, 0.2) is 0 Å². The summed E-state index contributed by atoms with van der Waals surface area (Å²) in [5, 5.41) is 10.1. The second-order valence-corrected chi connectivity index (χ2v) is 8.57. The van der Waals surface area contributed by atoms with Crippen molar-refractivity contribution in [2.75, 3.05) is 6.54 Å². The number of thiophene rings is 1. The molecular weight excluding hydrogens is 418 g/mol. The number of nitrogens with zero attached hydrogens (tertiary/aromatic N) is 3. The monoisotopic (exact) mass is 435 g/mol. The summed E-state index contributed by atoms with van der Waals surface area (Å²) in [6.45, 7) is 3.60. The van der Waals surface area contributed by atoms with E-state index in [1.165, 1.54) is 0 Å². The molecule has 1 aliphatic rings. The summed E-state index contributed by atoms with van der Waals surface area (Å²) >= 11 is 7.56. The zero-order valence-corrected chi connectivity index (χ0v) is 18.3. The Bertz CT molecular complexity index is 1300. The predicted octanol–water partition coefficient (Wildman–Crippen LogP) is 5.17. The third-order valence-corrected chi connectivity index (χ3v) is 6.59. The number of benzene rings is 1. The molecular formula is C23H18ClN3O2S. The van der Waals surface area contributed by atoms with E-state index in [4.69, 9.17) is 11.6 Å². The highest BCUT2D eigenvalue weighted by atomic mass is 35.5. The number of likely N-dealkylation sites (N-methyl/N-ethyl adjacent to an activating group) is 1. The molecule has 0 radical (unpaired) electrons. The van der Waals surface area contributed by atoms with E-state index >= 15 is 0 Å². The van der Waals surface area contributed by atoms with Crippen molar-refractivity contribution in [1.29, 1.82) is 5.26 Å². The third-order valence-electron chi connectivity index (χ3n) is 5.32. The maximum Gasteiger partial charge on any atom is 0.271 e. The molecule has 30 heavy (non-hydrogen) atoms. The number of imide groups is 1. The summed E-state index contributed by atoms with van der Waals surface area (Å²) < 4.78 is 3.19. The smallest absolute Gasteiger partial charge is 0.271 e. The average molecular weight is 436 g/mol. The summed E-state index contributed by atoms with van der Waals surface area (Å²) in [6, 6.07) is 13.8. The van der Waals surface area contributed by atoms with Crippen LogP contribution in [-0.2, 0) is 16.6 Å². The molecule has 0 bridgehead atoms. The Kier molecular flexibility index (Phi) is 5.10. The second kappa shape index (κ2) is 7.60. The predicted molar refractivity (Wildman–Crippen MR) is 120 cm³/mol. The maximum absolute atomic E-state index is 12.8. The number of carbonyl (C=O) groups excluding carboxylic acids is 2. The number of aryl methyl sites for hydroxylation is 1. The molecule has 4 rings (SSSR count). The summed E-state index contributed by atoms with van der Waals surface area (Å²) in [6.07, 6.45) is 1.77. The number of halogens is 1. The van der Waals surface area contributed by atoms with Gasteiger partial charge in [0.05, 0.1) is 10.2 Å². The highest BCUT2D eigenvalue weighted by Gasteiger charge is 2.34. The van der Waals surface area contributed by atoms with Crippen molar-refractivity contribution in [2.24, 2.45) is 7.05 Å². The lowest BCUT2D eigenvalue weighted by atomic mass is 9.95. The summed E-state index contributed by atoms with van der Waals surface area (Å²) in [7, 11) is 2.00. The van der Waals surface area contributed by atoms with Gasteiger partial charge in [-0.3, -0.25) is 14.5 Å². The van der Waals surface area contributed by atoms with Gasteiger partial charge in [0, 0.05) is 34.8 Å². The first-order valence-electron chi connectivity index (χ1n) is 9.40. The minimum atomic E-state index is -0.524. The van der Waals surface area contributed by atoms with Crippen molar-refractivity contribution in [3.8, 4) is 17.3 Å². The van der Waals surface area contributed by atoms with Gasteiger partial charge in [0.25, 0.3) is 11.8 Å². The Labute approximate surface area is 183 Å². The van der Waals surface area contributed by atoms with E-state index in [-0.39, 0.29) is 18.0 Å². The van der Waals surface area contributed by atoms with E-state index in [2.05, 4.69) is 10.6 Å². The summed E-state index contributed by atoms with van der Waals surface area (Å²) in [4.78, 5) is 27.2. The van der Waals surface area contributed by atoms with Crippen molar-refractivity contribution < 1.29 is 9.59 Å². The molecule has 1 aromatic carbocycles.